The molecule has 0 aliphatic rings. The fourth-order valence-electron chi connectivity index (χ4n) is 7.38. The largest absolute Gasteiger partial charge is 0.479 e. The normalized spacial score (nSPS) is 13.5. The predicted octanol–water partition coefficient (Wildman–Crippen LogP) is 8.60. The van der Waals surface area contributed by atoms with Crippen molar-refractivity contribution >= 4 is 37.1 Å². The van der Waals surface area contributed by atoms with E-state index in [1.54, 1.807) is 6.92 Å². The summed E-state index contributed by atoms with van der Waals surface area (Å²) >= 11 is 9.85. The zero-order valence-corrected chi connectivity index (χ0v) is 28.8. The van der Waals surface area contributed by atoms with Crippen molar-refractivity contribution in [2.75, 3.05) is 0 Å². The topological polar surface area (TPSA) is 66.4 Å². The van der Waals surface area contributed by atoms with Gasteiger partial charge in [-0.3, -0.25) is 4.79 Å². The van der Waals surface area contributed by atoms with Gasteiger partial charge in [0.15, 0.2) is 5.54 Å². The standard InChI is InChI=1S/C43H37NO3S2/c1-41(40(46)47,43(34-24-13-5-14-25-34,35-26-15-6-16-27-35)36-28-17-29-37(48)30-36)44-39(45)38(49)42(31-18-7-2-8-19-31,32-20-9-3-10-21-32)33-22-11-4-12-23-33/h2-30,38,48-49H,1H3,(H,44,45)(H,46,47). The molecule has 6 rings (SSSR count). The van der Waals surface area contributed by atoms with E-state index in [0.717, 1.165) is 16.7 Å². The summed E-state index contributed by atoms with van der Waals surface area (Å²) in [7, 11) is 0. The van der Waals surface area contributed by atoms with Crippen LogP contribution in [-0.4, -0.2) is 27.8 Å². The molecule has 0 radical (unpaired) electrons. The second-order valence-corrected chi connectivity index (χ2v) is 13.3. The van der Waals surface area contributed by atoms with Crippen molar-refractivity contribution in [1.82, 2.24) is 5.32 Å². The molecule has 2 atom stereocenters. The number of rotatable bonds is 11. The van der Waals surface area contributed by atoms with Gasteiger partial charge in [0.2, 0.25) is 5.91 Å². The van der Waals surface area contributed by atoms with Gasteiger partial charge in [0.25, 0.3) is 0 Å². The van der Waals surface area contributed by atoms with Crippen LogP contribution in [0.25, 0.3) is 0 Å². The molecule has 0 saturated heterocycles. The number of thiol groups is 2. The van der Waals surface area contributed by atoms with Crippen molar-refractivity contribution in [1.29, 1.82) is 0 Å². The van der Waals surface area contributed by atoms with Gasteiger partial charge in [-0.2, -0.15) is 12.6 Å². The fourth-order valence-corrected chi connectivity index (χ4v) is 8.11. The minimum absolute atomic E-state index is 0.539. The van der Waals surface area contributed by atoms with E-state index < -0.39 is 33.5 Å². The molecule has 6 heteroatoms. The monoisotopic (exact) mass is 679 g/mol. The van der Waals surface area contributed by atoms with Gasteiger partial charge in [0.1, 0.15) is 0 Å². The highest BCUT2D eigenvalue weighted by molar-refractivity contribution is 7.82. The zero-order chi connectivity index (χ0) is 34.5. The smallest absolute Gasteiger partial charge is 0.330 e. The number of carboxylic acid groups (broad SMARTS) is 1. The first-order chi connectivity index (χ1) is 23.8. The maximum absolute atomic E-state index is 15.2. The second kappa shape index (κ2) is 14.2. The summed E-state index contributed by atoms with van der Waals surface area (Å²) in [6, 6.07) is 55.8. The van der Waals surface area contributed by atoms with Crippen LogP contribution in [0.3, 0.4) is 0 Å². The molecule has 0 saturated carbocycles. The van der Waals surface area contributed by atoms with Gasteiger partial charge >= 0.3 is 5.97 Å². The molecule has 2 N–H and O–H groups in total. The summed E-state index contributed by atoms with van der Waals surface area (Å²) in [5.74, 6) is -1.74. The molecule has 0 spiro atoms. The minimum atomic E-state index is -1.94. The van der Waals surface area contributed by atoms with E-state index in [1.807, 2.05) is 176 Å². The van der Waals surface area contributed by atoms with Crippen molar-refractivity contribution in [3.8, 4) is 0 Å². The Morgan fingerprint density at radius 3 is 1.24 bits per heavy atom. The number of nitrogens with one attached hydrogen (secondary N) is 1. The Labute approximate surface area is 298 Å². The van der Waals surface area contributed by atoms with E-state index >= 15 is 4.79 Å². The molecule has 0 aliphatic heterocycles. The van der Waals surface area contributed by atoms with Crippen LogP contribution < -0.4 is 5.32 Å². The zero-order valence-electron chi connectivity index (χ0n) is 27.0. The van der Waals surface area contributed by atoms with Gasteiger partial charge in [-0.05, 0) is 52.4 Å². The molecule has 0 aromatic heterocycles. The quantitative estimate of drug-likeness (QED) is 0.0820. The van der Waals surface area contributed by atoms with Crippen LogP contribution >= 0.6 is 25.3 Å². The Balaban J connectivity index is 1.62. The lowest BCUT2D eigenvalue weighted by Gasteiger charge is -2.49. The molecule has 244 valence electrons. The number of carbonyl (C=O) groups is 2. The number of benzene rings is 6. The van der Waals surface area contributed by atoms with Crippen LogP contribution in [0, 0.1) is 0 Å². The van der Waals surface area contributed by atoms with Gasteiger partial charge in [-0.15, -0.1) is 12.6 Å². The van der Waals surface area contributed by atoms with Crippen molar-refractivity contribution in [3.05, 3.63) is 209 Å². The van der Waals surface area contributed by atoms with Crippen molar-refractivity contribution in [2.45, 2.75) is 33.4 Å². The number of hydrogen-bond donors (Lipinski definition) is 4. The van der Waals surface area contributed by atoms with Gasteiger partial charge < -0.3 is 10.4 Å². The fraction of sp³-hybridized carbons (Fsp3) is 0.116. The molecule has 0 aliphatic carbocycles. The summed E-state index contributed by atoms with van der Waals surface area (Å²) < 4.78 is 0. The summed E-state index contributed by atoms with van der Waals surface area (Å²) in [6.07, 6.45) is 0. The number of aliphatic carboxylic acids is 1. The van der Waals surface area contributed by atoms with Crippen LogP contribution in [0.4, 0.5) is 0 Å². The Morgan fingerprint density at radius 2 is 0.898 bits per heavy atom. The average molecular weight is 680 g/mol. The van der Waals surface area contributed by atoms with Gasteiger partial charge in [-0.1, -0.05) is 164 Å². The highest BCUT2D eigenvalue weighted by Crippen LogP contribution is 2.50. The third kappa shape index (κ3) is 5.85. The predicted molar refractivity (Wildman–Crippen MR) is 203 cm³/mol. The third-order valence-corrected chi connectivity index (χ3v) is 10.5. The summed E-state index contributed by atoms with van der Waals surface area (Å²) in [6.45, 7) is 1.59. The first-order valence-corrected chi connectivity index (χ1v) is 17.0. The van der Waals surface area contributed by atoms with E-state index in [2.05, 4.69) is 17.9 Å². The van der Waals surface area contributed by atoms with E-state index in [1.165, 1.54) is 0 Å². The van der Waals surface area contributed by atoms with E-state index in [9.17, 15) is 9.90 Å². The maximum Gasteiger partial charge on any atom is 0.330 e. The number of carbonyl (C=O) groups excluding carboxylic acids is 1. The van der Waals surface area contributed by atoms with Crippen molar-refractivity contribution in [3.63, 3.8) is 0 Å². The Morgan fingerprint density at radius 1 is 0.551 bits per heavy atom. The molecule has 2 unspecified atom stereocenters. The maximum atomic E-state index is 15.2. The molecule has 0 heterocycles. The first-order valence-electron chi connectivity index (χ1n) is 16.1. The summed E-state index contributed by atoms with van der Waals surface area (Å²) in [5.41, 5.74) is 0.160. The van der Waals surface area contributed by atoms with Crippen LogP contribution in [0.15, 0.2) is 181 Å². The first kappa shape index (κ1) is 33.8. The number of hydrogen-bond acceptors (Lipinski definition) is 4. The van der Waals surface area contributed by atoms with Crippen molar-refractivity contribution in [2.24, 2.45) is 0 Å². The molecule has 6 aromatic rings. The number of carboxylic acids is 1. The summed E-state index contributed by atoms with van der Waals surface area (Å²) in [5, 5.41) is 13.5. The van der Waals surface area contributed by atoms with E-state index in [4.69, 9.17) is 12.6 Å². The highest BCUT2D eigenvalue weighted by Gasteiger charge is 2.59. The minimum Gasteiger partial charge on any atom is -0.479 e. The van der Waals surface area contributed by atoms with Crippen LogP contribution in [0.2, 0.25) is 0 Å². The lowest BCUT2D eigenvalue weighted by Crippen LogP contribution is -2.68. The van der Waals surface area contributed by atoms with Gasteiger partial charge in [0, 0.05) is 4.90 Å². The van der Waals surface area contributed by atoms with Crippen molar-refractivity contribution < 1.29 is 14.7 Å². The molecule has 0 bridgehead atoms. The van der Waals surface area contributed by atoms with Gasteiger partial charge in [0.05, 0.1) is 16.1 Å². The second-order valence-electron chi connectivity index (χ2n) is 12.3. The van der Waals surface area contributed by atoms with Gasteiger partial charge in [-0.25, -0.2) is 4.79 Å². The molecule has 6 aromatic carbocycles. The Kier molecular flexibility index (Phi) is 9.81. The Bertz CT molecular complexity index is 1890. The van der Waals surface area contributed by atoms with E-state index in [-0.39, 0.29) is 0 Å². The lowest BCUT2D eigenvalue weighted by atomic mass is 9.58. The molecular weight excluding hydrogens is 643 g/mol. The molecule has 1 amide bonds. The highest BCUT2D eigenvalue weighted by atomic mass is 32.1. The third-order valence-electron chi connectivity index (χ3n) is 9.59. The molecule has 4 nitrogen and oxygen atoms in total. The Hall–Kier alpha value is -5.04. The molecular formula is C43H37NO3S2. The SMILES string of the molecule is CC(NC(=O)C(S)C(c1ccccc1)(c1ccccc1)c1ccccc1)(C(=O)O)C(c1ccccc1)(c1ccccc1)c1cccc(S)c1. The van der Waals surface area contributed by atoms with E-state index in [0.29, 0.717) is 21.6 Å². The van der Waals surface area contributed by atoms with Crippen LogP contribution in [0.1, 0.15) is 40.3 Å². The molecule has 49 heavy (non-hydrogen) atoms. The average Bonchev–Trinajstić information content (AvgIpc) is 3.14. The summed E-state index contributed by atoms with van der Waals surface area (Å²) in [4.78, 5) is 29.9. The van der Waals surface area contributed by atoms with Crippen LogP contribution in [0.5, 0.6) is 0 Å². The molecule has 0 fully saturated rings. The van der Waals surface area contributed by atoms with Crippen LogP contribution in [-0.2, 0) is 20.4 Å². The number of amides is 1. The lowest BCUT2D eigenvalue weighted by molar-refractivity contribution is -0.149.